The van der Waals surface area contributed by atoms with Crippen molar-refractivity contribution in [2.75, 3.05) is 26.2 Å². The average molecular weight is 369 g/mol. The van der Waals surface area contributed by atoms with Crippen LogP contribution in [-0.4, -0.2) is 49.8 Å². The molecule has 2 aromatic rings. The fourth-order valence-electron chi connectivity index (χ4n) is 3.35. The lowest BCUT2D eigenvalue weighted by Gasteiger charge is -2.39. The van der Waals surface area contributed by atoms with Gasteiger partial charge in [0.25, 0.3) is 0 Å². The third-order valence-corrected chi connectivity index (χ3v) is 6.81. The summed E-state index contributed by atoms with van der Waals surface area (Å²) in [5.74, 6) is 0. The third-order valence-electron chi connectivity index (χ3n) is 4.88. The molecule has 1 fully saturated rings. The van der Waals surface area contributed by atoms with Crippen LogP contribution in [0.5, 0.6) is 0 Å². The second-order valence-corrected chi connectivity index (χ2v) is 8.50. The van der Waals surface area contributed by atoms with Gasteiger partial charge in [0.05, 0.1) is 10.5 Å². The highest BCUT2D eigenvalue weighted by Crippen LogP contribution is 2.23. The van der Waals surface area contributed by atoms with Gasteiger partial charge in [0.15, 0.2) is 0 Å². The zero-order chi connectivity index (χ0) is 18.6. The quantitative estimate of drug-likeness (QED) is 0.812. The highest BCUT2D eigenvalue weighted by Gasteiger charge is 2.33. The standard InChI is InChI=1S/C20H23N3O2S/c1-17-16-23(26(24,25)20-10-6-5-9-19(20)15-21)14-13-22(17)12-11-18-7-3-2-4-8-18/h2-10,17H,11-14,16H2,1H3. The average Bonchev–Trinajstić information content (AvgIpc) is 2.67. The smallest absolute Gasteiger partial charge is 0.244 e. The lowest BCUT2D eigenvalue weighted by molar-refractivity contribution is 0.130. The fourth-order valence-corrected chi connectivity index (χ4v) is 5.01. The van der Waals surface area contributed by atoms with Crippen molar-refractivity contribution in [3.8, 4) is 6.07 Å². The summed E-state index contributed by atoms with van der Waals surface area (Å²) in [6.45, 7) is 4.55. The highest BCUT2D eigenvalue weighted by molar-refractivity contribution is 7.89. The summed E-state index contributed by atoms with van der Waals surface area (Å²) in [5.41, 5.74) is 1.49. The van der Waals surface area contributed by atoms with Gasteiger partial charge in [0, 0.05) is 32.2 Å². The molecule has 1 atom stereocenters. The summed E-state index contributed by atoms with van der Waals surface area (Å²) in [5, 5.41) is 9.21. The Labute approximate surface area is 155 Å². The Hall–Kier alpha value is -2.20. The molecule has 0 radical (unpaired) electrons. The second kappa shape index (κ2) is 8.00. The van der Waals surface area contributed by atoms with Gasteiger partial charge in [0.1, 0.15) is 6.07 Å². The molecule has 0 saturated carbocycles. The predicted molar refractivity (Wildman–Crippen MR) is 101 cm³/mol. The lowest BCUT2D eigenvalue weighted by Crippen LogP contribution is -2.53. The van der Waals surface area contributed by atoms with Gasteiger partial charge >= 0.3 is 0 Å². The van der Waals surface area contributed by atoms with Crippen molar-refractivity contribution in [2.24, 2.45) is 0 Å². The van der Waals surface area contributed by atoms with Crippen molar-refractivity contribution >= 4 is 10.0 Å². The number of nitrogens with zero attached hydrogens (tertiary/aromatic N) is 3. The maximum absolute atomic E-state index is 13.0. The molecule has 0 N–H and O–H groups in total. The van der Waals surface area contributed by atoms with Crippen LogP contribution in [0.25, 0.3) is 0 Å². The Morgan fingerprint density at radius 1 is 1.08 bits per heavy atom. The van der Waals surface area contributed by atoms with E-state index in [1.807, 2.05) is 24.3 Å². The first kappa shape index (κ1) is 18.6. The van der Waals surface area contributed by atoms with E-state index in [1.54, 1.807) is 18.2 Å². The SMILES string of the molecule is CC1CN(S(=O)(=O)c2ccccc2C#N)CCN1CCc1ccccc1. The normalized spacial score (nSPS) is 19.2. The Morgan fingerprint density at radius 2 is 1.77 bits per heavy atom. The first-order valence-electron chi connectivity index (χ1n) is 8.79. The Bertz CT molecular complexity index is 891. The molecule has 2 aromatic carbocycles. The molecule has 26 heavy (non-hydrogen) atoms. The largest absolute Gasteiger partial charge is 0.298 e. The van der Waals surface area contributed by atoms with Crippen molar-refractivity contribution in [3.63, 3.8) is 0 Å². The molecular weight excluding hydrogens is 346 g/mol. The van der Waals surface area contributed by atoms with E-state index in [9.17, 15) is 13.7 Å². The number of nitriles is 1. The van der Waals surface area contributed by atoms with E-state index < -0.39 is 10.0 Å². The Balaban J connectivity index is 1.67. The van der Waals surface area contributed by atoms with Gasteiger partial charge in [-0.25, -0.2) is 8.42 Å². The van der Waals surface area contributed by atoms with E-state index >= 15 is 0 Å². The predicted octanol–water partition coefficient (Wildman–Crippen LogP) is 2.50. The van der Waals surface area contributed by atoms with Crippen molar-refractivity contribution in [1.82, 2.24) is 9.21 Å². The van der Waals surface area contributed by atoms with Crippen LogP contribution in [0.4, 0.5) is 0 Å². The number of rotatable bonds is 5. The van der Waals surface area contributed by atoms with Gasteiger partial charge in [-0.05, 0) is 31.0 Å². The van der Waals surface area contributed by atoms with Gasteiger partial charge in [-0.3, -0.25) is 4.90 Å². The molecule has 136 valence electrons. The van der Waals surface area contributed by atoms with Crippen LogP contribution in [0.2, 0.25) is 0 Å². The molecule has 0 bridgehead atoms. The van der Waals surface area contributed by atoms with Gasteiger partial charge in [-0.15, -0.1) is 0 Å². The van der Waals surface area contributed by atoms with Crippen LogP contribution in [-0.2, 0) is 16.4 Å². The summed E-state index contributed by atoms with van der Waals surface area (Å²) in [6.07, 6.45) is 0.954. The molecule has 3 rings (SSSR count). The van der Waals surface area contributed by atoms with Crippen molar-refractivity contribution < 1.29 is 8.42 Å². The van der Waals surface area contributed by atoms with Gasteiger partial charge in [0.2, 0.25) is 10.0 Å². The zero-order valence-corrected chi connectivity index (χ0v) is 15.7. The van der Waals surface area contributed by atoms with Crippen LogP contribution in [0.3, 0.4) is 0 Å². The van der Waals surface area contributed by atoms with Crippen LogP contribution < -0.4 is 0 Å². The topological polar surface area (TPSA) is 64.4 Å². The summed E-state index contributed by atoms with van der Waals surface area (Å²) in [6, 6.07) is 18.8. The summed E-state index contributed by atoms with van der Waals surface area (Å²) < 4.78 is 27.4. The minimum atomic E-state index is -3.64. The monoisotopic (exact) mass is 369 g/mol. The first-order chi connectivity index (χ1) is 12.5. The molecule has 0 amide bonds. The van der Waals surface area contributed by atoms with Gasteiger partial charge in [-0.2, -0.15) is 9.57 Å². The first-order valence-corrected chi connectivity index (χ1v) is 10.2. The summed E-state index contributed by atoms with van der Waals surface area (Å²) >= 11 is 0. The number of hydrogen-bond donors (Lipinski definition) is 0. The number of benzene rings is 2. The molecule has 0 aliphatic carbocycles. The van der Waals surface area contributed by atoms with Crippen LogP contribution in [0.15, 0.2) is 59.5 Å². The molecule has 6 heteroatoms. The third kappa shape index (κ3) is 3.96. The van der Waals surface area contributed by atoms with E-state index in [1.165, 1.54) is 15.9 Å². The van der Waals surface area contributed by atoms with E-state index in [0.717, 1.165) is 13.0 Å². The molecule has 1 heterocycles. The van der Waals surface area contributed by atoms with Crippen molar-refractivity contribution in [2.45, 2.75) is 24.3 Å². The second-order valence-electron chi connectivity index (χ2n) is 6.59. The fraction of sp³-hybridized carbons (Fsp3) is 0.350. The van der Waals surface area contributed by atoms with Crippen LogP contribution in [0.1, 0.15) is 18.1 Å². The molecule has 0 aromatic heterocycles. The van der Waals surface area contributed by atoms with Gasteiger partial charge in [-0.1, -0.05) is 42.5 Å². The van der Waals surface area contributed by atoms with Crippen molar-refractivity contribution in [1.29, 1.82) is 5.26 Å². The van der Waals surface area contributed by atoms with E-state index in [4.69, 9.17) is 0 Å². The summed E-state index contributed by atoms with van der Waals surface area (Å²) in [7, 11) is -3.64. The Kier molecular flexibility index (Phi) is 5.72. The number of hydrogen-bond acceptors (Lipinski definition) is 4. The van der Waals surface area contributed by atoms with Crippen molar-refractivity contribution in [3.05, 3.63) is 65.7 Å². The minimum Gasteiger partial charge on any atom is -0.298 e. The number of piperazine rings is 1. The van der Waals surface area contributed by atoms with E-state index in [2.05, 4.69) is 24.0 Å². The van der Waals surface area contributed by atoms with Crippen LogP contribution >= 0.6 is 0 Å². The highest BCUT2D eigenvalue weighted by atomic mass is 32.2. The summed E-state index contributed by atoms with van der Waals surface area (Å²) in [4.78, 5) is 2.43. The number of sulfonamides is 1. The molecule has 5 nitrogen and oxygen atoms in total. The lowest BCUT2D eigenvalue weighted by atomic mass is 10.1. The van der Waals surface area contributed by atoms with Gasteiger partial charge < -0.3 is 0 Å². The van der Waals surface area contributed by atoms with E-state index in [-0.39, 0.29) is 16.5 Å². The van der Waals surface area contributed by atoms with Crippen LogP contribution in [0, 0.1) is 11.3 Å². The molecule has 1 aliphatic rings. The molecular formula is C20H23N3O2S. The molecule has 0 spiro atoms. The zero-order valence-electron chi connectivity index (χ0n) is 14.9. The molecule has 1 saturated heterocycles. The molecule has 1 unspecified atom stereocenters. The molecule has 1 aliphatic heterocycles. The minimum absolute atomic E-state index is 0.104. The maximum Gasteiger partial charge on any atom is 0.244 e. The van der Waals surface area contributed by atoms with E-state index in [0.29, 0.717) is 19.6 Å². The maximum atomic E-state index is 13.0. The Morgan fingerprint density at radius 3 is 2.46 bits per heavy atom.